The molecule has 8 heteroatoms. The summed E-state index contributed by atoms with van der Waals surface area (Å²) in [4.78, 5) is 4.88. The van der Waals surface area contributed by atoms with Crippen molar-refractivity contribution in [2.45, 2.75) is 51.7 Å². The maximum Gasteiger partial charge on any atom is 0.128 e. The molecule has 1 atom stereocenters. The molecule has 7 nitrogen and oxygen atoms in total. The van der Waals surface area contributed by atoms with Crippen LogP contribution >= 0.6 is 0 Å². The van der Waals surface area contributed by atoms with E-state index in [0.717, 1.165) is 52.3 Å². The number of aliphatic hydroxyl groups is 1. The Kier molecular flexibility index (Phi) is 7.37. The summed E-state index contributed by atoms with van der Waals surface area (Å²) in [6.45, 7) is 6.77. The van der Waals surface area contributed by atoms with Gasteiger partial charge in [-0.05, 0) is 69.7 Å². The van der Waals surface area contributed by atoms with Crippen LogP contribution in [0.5, 0.6) is 0 Å². The van der Waals surface area contributed by atoms with Gasteiger partial charge in [-0.15, -0.1) is 0 Å². The summed E-state index contributed by atoms with van der Waals surface area (Å²) in [6.07, 6.45) is 4.38. The van der Waals surface area contributed by atoms with E-state index in [0.29, 0.717) is 36.1 Å². The number of aromatic nitrogens is 2. The van der Waals surface area contributed by atoms with Gasteiger partial charge in [0.25, 0.3) is 0 Å². The number of hydrazine groups is 1. The summed E-state index contributed by atoms with van der Waals surface area (Å²) in [5.74, 6) is 6.29. The summed E-state index contributed by atoms with van der Waals surface area (Å²) in [5, 5.41) is 13.3. The van der Waals surface area contributed by atoms with Crippen LogP contribution in [0.15, 0.2) is 60.4 Å². The van der Waals surface area contributed by atoms with Gasteiger partial charge in [0.2, 0.25) is 0 Å². The van der Waals surface area contributed by atoms with Gasteiger partial charge in [-0.3, -0.25) is 4.98 Å². The fourth-order valence-corrected chi connectivity index (χ4v) is 5.88. The molecule has 4 aromatic rings. The van der Waals surface area contributed by atoms with E-state index in [4.69, 9.17) is 21.3 Å². The van der Waals surface area contributed by atoms with Crippen LogP contribution in [0, 0.1) is 11.7 Å². The largest absolute Gasteiger partial charge is 0.401 e. The SMILES string of the molecule is C/C(N)=C(\c1cnc2c3ccc(C(C)(C)O)cc3n(C(CC3CCOCC3)c3ccccc3F)c2c1)N(C)N. The molecule has 2 aromatic heterocycles. The average Bonchev–Trinajstić information content (AvgIpc) is 3.20. The molecule has 5 N–H and O–H groups in total. The highest BCUT2D eigenvalue weighted by atomic mass is 19.1. The number of hydrogen-bond donors (Lipinski definition) is 3. The number of allylic oxidation sites excluding steroid dienone is 1. The van der Waals surface area contributed by atoms with Gasteiger partial charge in [0.05, 0.1) is 33.9 Å². The molecule has 5 rings (SSSR count). The van der Waals surface area contributed by atoms with Crippen molar-refractivity contribution < 1.29 is 14.2 Å². The quantitative estimate of drug-likeness (QED) is 0.218. The van der Waals surface area contributed by atoms with E-state index in [9.17, 15) is 5.11 Å². The average molecular weight is 532 g/mol. The summed E-state index contributed by atoms with van der Waals surface area (Å²) < 4.78 is 23.4. The Balaban J connectivity index is 1.84. The third kappa shape index (κ3) is 5.24. The Hall–Kier alpha value is -3.46. The molecule has 1 saturated heterocycles. The summed E-state index contributed by atoms with van der Waals surface area (Å²) in [7, 11) is 1.74. The zero-order valence-electron chi connectivity index (χ0n) is 23.1. The minimum absolute atomic E-state index is 0.243. The van der Waals surface area contributed by atoms with Crippen LogP contribution in [0.1, 0.15) is 62.8 Å². The number of fused-ring (bicyclic) bond motifs is 3. The highest BCUT2D eigenvalue weighted by Crippen LogP contribution is 2.40. The van der Waals surface area contributed by atoms with Gasteiger partial charge in [0.15, 0.2) is 0 Å². The van der Waals surface area contributed by atoms with E-state index >= 15 is 4.39 Å². The Morgan fingerprint density at radius 3 is 2.54 bits per heavy atom. The molecular formula is C31H38FN5O2. The molecule has 2 aromatic carbocycles. The Morgan fingerprint density at radius 2 is 1.90 bits per heavy atom. The molecule has 0 spiro atoms. The van der Waals surface area contributed by atoms with Crippen LogP contribution in [0.25, 0.3) is 27.6 Å². The van der Waals surface area contributed by atoms with E-state index in [1.165, 1.54) is 11.1 Å². The van der Waals surface area contributed by atoms with E-state index in [-0.39, 0.29) is 11.9 Å². The second-order valence-corrected chi connectivity index (χ2v) is 11.2. The van der Waals surface area contributed by atoms with Crippen LogP contribution < -0.4 is 11.6 Å². The maximum atomic E-state index is 15.5. The Labute approximate surface area is 228 Å². The predicted molar refractivity (Wildman–Crippen MR) is 154 cm³/mol. The molecule has 0 saturated carbocycles. The van der Waals surface area contributed by atoms with Gasteiger partial charge < -0.3 is 25.2 Å². The number of nitrogens with zero attached hydrogens (tertiary/aromatic N) is 3. The van der Waals surface area contributed by atoms with Crippen molar-refractivity contribution >= 4 is 27.6 Å². The highest BCUT2D eigenvalue weighted by molar-refractivity contribution is 6.06. The van der Waals surface area contributed by atoms with Gasteiger partial charge in [0.1, 0.15) is 5.82 Å². The molecule has 1 aliphatic rings. The number of hydrogen-bond acceptors (Lipinski definition) is 6. The number of benzene rings is 2. The molecule has 1 unspecified atom stereocenters. The first-order chi connectivity index (χ1) is 18.6. The fraction of sp³-hybridized carbons (Fsp3) is 0.387. The van der Waals surface area contributed by atoms with Gasteiger partial charge in [0, 0.05) is 48.7 Å². The lowest BCUT2D eigenvalue weighted by Crippen LogP contribution is -2.26. The number of halogens is 1. The van der Waals surface area contributed by atoms with Crippen LogP contribution in [0.3, 0.4) is 0 Å². The second kappa shape index (κ2) is 10.6. The molecule has 0 bridgehead atoms. The molecule has 0 aliphatic carbocycles. The highest BCUT2D eigenvalue weighted by Gasteiger charge is 2.29. The Bertz CT molecular complexity index is 1530. The number of rotatable bonds is 7. The summed E-state index contributed by atoms with van der Waals surface area (Å²) >= 11 is 0. The predicted octanol–water partition coefficient (Wildman–Crippen LogP) is 5.41. The van der Waals surface area contributed by atoms with E-state index in [2.05, 4.69) is 4.57 Å². The van der Waals surface area contributed by atoms with Gasteiger partial charge >= 0.3 is 0 Å². The lowest BCUT2D eigenvalue weighted by atomic mass is 9.88. The van der Waals surface area contributed by atoms with Crippen molar-refractivity contribution in [3.63, 3.8) is 0 Å². The van der Waals surface area contributed by atoms with Crippen molar-refractivity contribution in [3.8, 4) is 0 Å². The normalized spacial score (nSPS) is 16.5. The molecule has 0 amide bonds. The first-order valence-corrected chi connectivity index (χ1v) is 13.5. The molecule has 3 heterocycles. The van der Waals surface area contributed by atoms with E-state index < -0.39 is 5.60 Å². The van der Waals surface area contributed by atoms with Crippen LogP contribution in [0.4, 0.5) is 4.39 Å². The first-order valence-electron chi connectivity index (χ1n) is 13.5. The fourth-order valence-electron chi connectivity index (χ4n) is 5.88. The lowest BCUT2D eigenvalue weighted by Gasteiger charge is -2.29. The van der Waals surface area contributed by atoms with E-state index in [1.807, 2.05) is 36.4 Å². The molecular weight excluding hydrogens is 493 g/mol. The van der Waals surface area contributed by atoms with Crippen molar-refractivity contribution in [2.24, 2.45) is 17.5 Å². The molecule has 39 heavy (non-hydrogen) atoms. The van der Waals surface area contributed by atoms with Crippen LogP contribution in [-0.4, -0.2) is 39.9 Å². The zero-order chi connectivity index (χ0) is 27.9. The molecule has 1 aliphatic heterocycles. The van der Waals surface area contributed by atoms with Gasteiger partial charge in [-0.25, -0.2) is 10.2 Å². The Morgan fingerprint density at radius 1 is 1.18 bits per heavy atom. The molecule has 0 radical (unpaired) electrons. The monoisotopic (exact) mass is 531 g/mol. The van der Waals surface area contributed by atoms with Crippen molar-refractivity contribution in [3.05, 3.63) is 82.9 Å². The topological polar surface area (TPSA) is 103 Å². The molecule has 1 fully saturated rings. The first kappa shape index (κ1) is 27.1. The standard InChI is InChI=1S/C31H38FN5O2/c1-19(33)30(36(4)34)21-16-28-29(35-18-21)24-10-9-22(31(2,3)38)17-27(24)37(28)26(15-20-11-13-39-14-12-20)23-7-5-6-8-25(23)32/h5-10,16-18,20,26,38H,11-15,33-34H2,1-4H3/b30-19-. The second-order valence-electron chi connectivity index (χ2n) is 11.2. The summed E-state index contributed by atoms with van der Waals surface area (Å²) in [5.41, 5.74) is 11.2. The molecule has 206 valence electrons. The third-order valence-electron chi connectivity index (χ3n) is 7.82. The number of ether oxygens (including phenoxy) is 1. The van der Waals surface area contributed by atoms with Crippen LogP contribution in [0.2, 0.25) is 0 Å². The number of pyridine rings is 1. The maximum absolute atomic E-state index is 15.5. The zero-order valence-corrected chi connectivity index (χ0v) is 23.1. The lowest BCUT2D eigenvalue weighted by molar-refractivity contribution is 0.0608. The number of nitrogens with two attached hydrogens (primary N) is 2. The minimum Gasteiger partial charge on any atom is -0.401 e. The van der Waals surface area contributed by atoms with Crippen molar-refractivity contribution in [1.29, 1.82) is 0 Å². The minimum atomic E-state index is -1.04. The summed E-state index contributed by atoms with van der Waals surface area (Å²) in [6, 6.07) is 14.7. The van der Waals surface area contributed by atoms with E-state index in [1.54, 1.807) is 40.1 Å². The third-order valence-corrected chi connectivity index (χ3v) is 7.82. The van der Waals surface area contributed by atoms with Gasteiger partial charge in [-0.2, -0.15) is 0 Å². The van der Waals surface area contributed by atoms with Crippen molar-refractivity contribution in [2.75, 3.05) is 20.3 Å². The van der Waals surface area contributed by atoms with Crippen molar-refractivity contribution in [1.82, 2.24) is 14.6 Å². The van der Waals surface area contributed by atoms with Gasteiger partial charge in [-0.1, -0.05) is 30.3 Å². The van der Waals surface area contributed by atoms with Crippen LogP contribution in [-0.2, 0) is 10.3 Å². The smallest absolute Gasteiger partial charge is 0.128 e.